The maximum Gasteiger partial charge on any atom is 0.348 e. The van der Waals surface area contributed by atoms with Gasteiger partial charge in [0.2, 0.25) is 5.91 Å². The third kappa shape index (κ3) is 4.77. The number of carbonyl (C=O) groups excluding carboxylic acids is 2. The van der Waals surface area contributed by atoms with Crippen molar-refractivity contribution < 1.29 is 14.3 Å². The van der Waals surface area contributed by atoms with Gasteiger partial charge in [-0.15, -0.1) is 22.7 Å². The van der Waals surface area contributed by atoms with Gasteiger partial charge in [0.05, 0.1) is 12.1 Å². The minimum atomic E-state index is -0.343. The molecular formula is C19H18N2O3S2. The van der Waals surface area contributed by atoms with E-state index in [4.69, 9.17) is 4.74 Å². The molecule has 0 aliphatic heterocycles. The molecule has 0 radical (unpaired) electrons. The van der Waals surface area contributed by atoms with Gasteiger partial charge in [0.25, 0.3) is 0 Å². The fourth-order valence-corrected chi connectivity index (χ4v) is 3.86. The Morgan fingerprint density at radius 3 is 2.58 bits per heavy atom. The highest BCUT2D eigenvalue weighted by molar-refractivity contribution is 7.12. The first-order chi connectivity index (χ1) is 12.5. The van der Waals surface area contributed by atoms with Gasteiger partial charge in [0.1, 0.15) is 16.5 Å². The predicted molar refractivity (Wildman–Crippen MR) is 104 cm³/mol. The van der Waals surface area contributed by atoms with E-state index >= 15 is 0 Å². The van der Waals surface area contributed by atoms with Gasteiger partial charge < -0.3 is 10.1 Å². The molecule has 0 saturated heterocycles. The van der Waals surface area contributed by atoms with Crippen molar-refractivity contribution in [2.24, 2.45) is 0 Å². The molecule has 2 heterocycles. The van der Waals surface area contributed by atoms with E-state index in [1.807, 2.05) is 54.9 Å². The highest BCUT2D eigenvalue weighted by Crippen LogP contribution is 2.18. The average Bonchev–Trinajstić information content (AvgIpc) is 3.23. The maximum absolute atomic E-state index is 12.1. The number of thiazole rings is 1. The van der Waals surface area contributed by atoms with Gasteiger partial charge in [-0.25, -0.2) is 9.78 Å². The Labute approximate surface area is 159 Å². The number of hydrogen-bond acceptors (Lipinski definition) is 6. The van der Waals surface area contributed by atoms with Crippen LogP contribution in [-0.4, -0.2) is 16.9 Å². The van der Waals surface area contributed by atoms with Gasteiger partial charge in [-0.05, 0) is 43.0 Å². The van der Waals surface area contributed by atoms with Crippen LogP contribution in [0.4, 0.5) is 5.69 Å². The average molecular weight is 386 g/mol. The maximum atomic E-state index is 12.1. The van der Waals surface area contributed by atoms with Gasteiger partial charge in [0.15, 0.2) is 0 Å². The number of esters is 1. The lowest BCUT2D eigenvalue weighted by atomic mass is 10.2. The summed E-state index contributed by atoms with van der Waals surface area (Å²) in [7, 11) is 0. The summed E-state index contributed by atoms with van der Waals surface area (Å²) in [6, 6.07) is 9.51. The molecule has 0 aliphatic carbocycles. The van der Waals surface area contributed by atoms with Crippen LogP contribution in [0.1, 0.15) is 31.5 Å². The van der Waals surface area contributed by atoms with E-state index in [2.05, 4.69) is 10.3 Å². The van der Waals surface area contributed by atoms with Crippen molar-refractivity contribution in [3.63, 3.8) is 0 Å². The molecule has 3 rings (SSSR count). The first-order valence-corrected chi connectivity index (χ1v) is 9.78. The molecule has 1 aromatic carbocycles. The van der Waals surface area contributed by atoms with Crippen LogP contribution in [-0.2, 0) is 22.6 Å². The zero-order valence-corrected chi connectivity index (χ0v) is 16.1. The van der Waals surface area contributed by atoms with Crippen LogP contribution >= 0.6 is 22.7 Å². The molecule has 3 aromatic rings. The molecular weight excluding hydrogens is 368 g/mol. The number of ether oxygens (including phenoxy) is 1. The number of thiophene rings is 1. The van der Waals surface area contributed by atoms with E-state index in [1.165, 1.54) is 22.7 Å². The molecule has 134 valence electrons. The lowest BCUT2D eigenvalue weighted by molar-refractivity contribution is -0.115. The van der Waals surface area contributed by atoms with Crippen LogP contribution in [0, 0.1) is 13.8 Å². The zero-order valence-electron chi connectivity index (χ0n) is 14.4. The topological polar surface area (TPSA) is 68.3 Å². The van der Waals surface area contributed by atoms with Crippen LogP contribution in [0.25, 0.3) is 0 Å². The normalized spacial score (nSPS) is 10.5. The molecule has 0 spiro atoms. The van der Waals surface area contributed by atoms with Crippen molar-refractivity contribution >= 4 is 40.2 Å². The summed E-state index contributed by atoms with van der Waals surface area (Å²) in [5, 5.41) is 7.20. The number of nitrogens with one attached hydrogen (secondary N) is 1. The first kappa shape index (κ1) is 18.3. The van der Waals surface area contributed by atoms with Crippen molar-refractivity contribution in [3.05, 3.63) is 67.8 Å². The van der Waals surface area contributed by atoms with Crippen LogP contribution in [0.3, 0.4) is 0 Å². The highest BCUT2D eigenvalue weighted by Gasteiger charge is 2.14. The van der Waals surface area contributed by atoms with Gasteiger partial charge in [0, 0.05) is 11.1 Å². The number of benzene rings is 1. The Morgan fingerprint density at radius 1 is 1.12 bits per heavy atom. The second-order valence-corrected chi connectivity index (χ2v) is 7.69. The second-order valence-electron chi connectivity index (χ2n) is 5.83. The zero-order chi connectivity index (χ0) is 18.5. The highest BCUT2D eigenvalue weighted by atomic mass is 32.1. The van der Waals surface area contributed by atoms with E-state index in [9.17, 15) is 9.59 Å². The smallest absolute Gasteiger partial charge is 0.348 e. The molecule has 0 atom stereocenters. The minimum Gasteiger partial charge on any atom is -0.455 e. The van der Waals surface area contributed by atoms with Crippen LogP contribution in [0.2, 0.25) is 0 Å². The van der Waals surface area contributed by atoms with Gasteiger partial charge >= 0.3 is 5.97 Å². The molecule has 7 heteroatoms. The predicted octanol–water partition coefficient (Wildman–Crippen LogP) is 4.36. The third-order valence-electron chi connectivity index (χ3n) is 3.65. The van der Waals surface area contributed by atoms with E-state index in [0.717, 1.165) is 16.8 Å². The largest absolute Gasteiger partial charge is 0.455 e. The molecule has 1 amide bonds. The summed E-state index contributed by atoms with van der Waals surface area (Å²) in [5.41, 5.74) is 3.46. The molecule has 0 aliphatic rings. The fraction of sp³-hybridized carbons (Fsp3) is 0.211. The molecule has 0 saturated carbocycles. The fourth-order valence-electron chi connectivity index (χ4n) is 2.26. The summed E-state index contributed by atoms with van der Waals surface area (Å²) in [6.45, 7) is 3.97. The SMILES string of the molecule is Cc1ccc(NC(=O)Cc2nc(COC(=O)c3sccc3C)cs2)cc1. The summed E-state index contributed by atoms with van der Waals surface area (Å²) in [5.74, 6) is -0.467. The van der Waals surface area contributed by atoms with Gasteiger partial charge in [-0.2, -0.15) is 0 Å². The Kier molecular flexibility index (Phi) is 5.80. The Morgan fingerprint density at radius 2 is 1.88 bits per heavy atom. The molecule has 1 N–H and O–H groups in total. The second kappa shape index (κ2) is 8.25. The number of aromatic nitrogens is 1. The molecule has 0 fully saturated rings. The van der Waals surface area contributed by atoms with E-state index in [0.29, 0.717) is 15.6 Å². The van der Waals surface area contributed by atoms with Crippen LogP contribution in [0.15, 0.2) is 41.1 Å². The Bertz CT molecular complexity index is 913. The lowest BCUT2D eigenvalue weighted by Gasteiger charge is -2.04. The lowest BCUT2D eigenvalue weighted by Crippen LogP contribution is -2.14. The summed E-state index contributed by atoms with van der Waals surface area (Å²) in [6.07, 6.45) is 0.191. The van der Waals surface area contributed by atoms with Crippen molar-refractivity contribution in [2.45, 2.75) is 26.9 Å². The molecule has 0 unspecified atom stereocenters. The molecule has 0 bridgehead atoms. The standard InChI is InChI=1S/C19H18N2O3S2/c1-12-3-5-14(6-4-12)20-16(22)9-17-21-15(11-26-17)10-24-19(23)18-13(2)7-8-25-18/h3-8,11H,9-10H2,1-2H3,(H,20,22). The number of rotatable bonds is 6. The third-order valence-corrected chi connectivity index (χ3v) is 5.54. The summed E-state index contributed by atoms with van der Waals surface area (Å²) in [4.78, 5) is 29.1. The summed E-state index contributed by atoms with van der Waals surface area (Å²) < 4.78 is 5.29. The van der Waals surface area contributed by atoms with E-state index in [-0.39, 0.29) is 24.9 Å². The monoisotopic (exact) mass is 386 g/mol. The van der Waals surface area contributed by atoms with Gasteiger partial charge in [-0.3, -0.25) is 4.79 Å². The molecule has 5 nitrogen and oxygen atoms in total. The molecule has 2 aromatic heterocycles. The number of carbonyl (C=O) groups is 2. The number of hydrogen-bond donors (Lipinski definition) is 1. The first-order valence-electron chi connectivity index (χ1n) is 8.02. The van der Waals surface area contributed by atoms with Crippen LogP contribution < -0.4 is 5.32 Å². The van der Waals surface area contributed by atoms with E-state index < -0.39 is 0 Å². The van der Waals surface area contributed by atoms with Crippen molar-refractivity contribution in [1.82, 2.24) is 4.98 Å². The van der Waals surface area contributed by atoms with Crippen molar-refractivity contribution in [2.75, 3.05) is 5.32 Å². The van der Waals surface area contributed by atoms with Crippen molar-refractivity contribution in [1.29, 1.82) is 0 Å². The summed E-state index contributed by atoms with van der Waals surface area (Å²) >= 11 is 2.75. The Balaban J connectivity index is 1.51. The van der Waals surface area contributed by atoms with Gasteiger partial charge in [-0.1, -0.05) is 17.7 Å². The Hall–Kier alpha value is -2.51. The van der Waals surface area contributed by atoms with E-state index in [1.54, 1.807) is 0 Å². The number of nitrogens with zero attached hydrogens (tertiary/aromatic N) is 1. The number of aryl methyl sites for hydroxylation is 2. The number of amides is 1. The van der Waals surface area contributed by atoms with Crippen LogP contribution in [0.5, 0.6) is 0 Å². The van der Waals surface area contributed by atoms with Crippen molar-refractivity contribution in [3.8, 4) is 0 Å². The minimum absolute atomic E-state index is 0.103. The quantitative estimate of drug-likeness (QED) is 0.639. The number of anilines is 1. The molecule has 26 heavy (non-hydrogen) atoms.